The molecule has 0 radical (unpaired) electrons. The number of hydrogen-bond acceptors (Lipinski definition) is 3. The molecule has 2 aromatic carbocycles. The third-order valence-corrected chi connectivity index (χ3v) is 3.51. The largest absolute Gasteiger partial charge is 0.508 e. The van der Waals surface area contributed by atoms with E-state index in [0.717, 1.165) is 10.0 Å². The van der Waals surface area contributed by atoms with Crippen molar-refractivity contribution in [2.45, 2.75) is 19.5 Å². The molecule has 3 nitrogen and oxygen atoms in total. The van der Waals surface area contributed by atoms with Gasteiger partial charge in [-0.25, -0.2) is 0 Å². The van der Waals surface area contributed by atoms with Crippen molar-refractivity contribution in [2.24, 2.45) is 0 Å². The number of aromatic hydroxyl groups is 2. The van der Waals surface area contributed by atoms with Crippen molar-refractivity contribution in [1.29, 1.82) is 0 Å². The first-order chi connectivity index (χ1) is 9.06. The Bertz CT molecular complexity index is 572. The van der Waals surface area contributed by atoms with Crippen molar-refractivity contribution in [2.75, 3.05) is 0 Å². The molecule has 2 rings (SSSR count). The fraction of sp³-hybridized carbons (Fsp3) is 0.200. The van der Waals surface area contributed by atoms with Gasteiger partial charge >= 0.3 is 0 Å². The van der Waals surface area contributed by atoms with Crippen LogP contribution in [0.15, 0.2) is 46.9 Å². The summed E-state index contributed by atoms with van der Waals surface area (Å²) in [5.74, 6) is 0.176. The molecule has 3 N–H and O–H groups in total. The molecule has 0 spiro atoms. The summed E-state index contributed by atoms with van der Waals surface area (Å²) in [6, 6.07) is 12.9. The van der Waals surface area contributed by atoms with Crippen LogP contribution < -0.4 is 5.32 Å². The Morgan fingerprint density at radius 1 is 1.16 bits per heavy atom. The molecule has 0 fully saturated rings. The number of benzene rings is 2. The summed E-state index contributed by atoms with van der Waals surface area (Å²) in [5.41, 5.74) is 1.94. The number of hydrogen-bond donors (Lipinski definition) is 3. The summed E-state index contributed by atoms with van der Waals surface area (Å²) in [6.07, 6.45) is 0. The fourth-order valence-electron chi connectivity index (χ4n) is 1.86. The highest BCUT2D eigenvalue weighted by atomic mass is 79.9. The molecule has 1 unspecified atom stereocenters. The molecule has 0 bridgehead atoms. The minimum absolute atomic E-state index is 0.0706. The van der Waals surface area contributed by atoms with Crippen LogP contribution in [-0.4, -0.2) is 10.2 Å². The quantitative estimate of drug-likeness (QED) is 0.804. The van der Waals surface area contributed by atoms with Crippen molar-refractivity contribution < 1.29 is 10.2 Å². The van der Waals surface area contributed by atoms with E-state index in [1.165, 1.54) is 11.6 Å². The second-order valence-corrected chi connectivity index (χ2v) is 5.39. The Hall–Kier alpha value is -1.52. The highest BCUT2D eigenvalue weighted by Gasteiger charge is 2.07. The van der Waals surface area contributed by atoms with Crippen molar-refractivity contribution in [3.63, 3.8) is 0 Å². The summed E-state index contributed by atoms with van der Waals surface area (Å²) in [5, 5.41) is 22.3. The minimum Gasteiger partial charge on any atom is -0.508 e. The lowest BCUT2D eigenvalue weighted by Gasteiger charge is -2.15. The number of halogens is 1. The Morgan fingerprint density at radius 2 is 1.95 bits per heavy atom. The monoisotopic (exact) mass is 321 g/mol. The van der Waals surface area contributed by atoms with Gasteiger partial charge in [-0.15, -0.1) is 0 Å². The van der Waals surface area contributed by atoms with Crippen molar-refractivity contribution >= 4 is 15.9 Å². The van der Waals surface area contributed by atoms with Crippen molar-refractivity contribution in [3.8, 4) is 11.5 Å². The van der Waals surface area contributed by atoms with E-state index in [0.29, 0.717) is 6.54 Å². The van der Waals surface area contributed by atoms with Gasteiger partial charge in [0.2, 0.25) is 0 Å². The second kappa shape index (κ2) is 6.08. The van der Waals surface area contributed by atoms with Gasteiger partial charge in [-0.1, -0.05) is 34.1 Å². The van der Waals surface area contributed by atoms with E-state index >= 15 is 0 Å². The molecule has 2 aromatic rings. The van der Waals surface area contributed by atoms with Gasteiger partial charge in [-0.2, -0.15) is 0 Å². The van der Waals surface area contributed by atoms with Gasteiger partial charge in [-0.05, 0) is 30.7 Å². The Kier molecular flexibility index (Phi) is 4.45. The maximum absolute atomic E-state index is 9.71. The van der Waals surface area contributed by atoms with Gasteiger partial charge in [0.1, 0.15) is 11.5 Å². The molecule has 0 aliphatic heterocycles. The zero-order valence-corrected chi connectivity index (χ0v) is 12.2. The van der Waals surface area contributed by atoms with Gasteiger partial charge in [0, 0.05) is 28.7 Å². The van der Waals surface area contributed by atoms with Gasteiger partial charge in [-0.3, -0.25) is 0 Å². The molecular formula is C15H16BrNO2. The standard InChI is InChI=1S/C15H16BrNO2/c1-10(11-3-2-4-13(16)7-11)17-9-12-5-6-14(18)8-15(12)19/h2-8,10,17-19H,9H2,1H3. The lowest BCUT2D eigenvalue weighted by molar-refractivity contribution is 0.441. The third kappa shape index (κ3) is 3.72. The maximum atomic E-state index is 9.71. The van der Waals surface area contributed by atoms with Gasteiger partial charge in [0.25, 0.3) is 0 Å². The topological polar surface area (TPSA) is 52.5 Å². The van der Waals surface area contributed by atoms with Crippen LogP contribution in [0.2, 0.25) is 0 Å². The normalized spacial score (nSPS) is 12.3. The summed E-state index contributed by atoms with van der Waals surface area (Å²) in [4.78, 5) is 0. The van der Waals surface area contributed by atoms with Crippen LogP contribution in [0.4, 0.5) is 0 Å². The smallest absolute Gasteiger partial charge is 0.123 e. The van der Waals surface area contributed by atoms with Gasteiger partial charge in [0.15, 0.2) is 0 Å². The molecular weight excluding hydrogens is 306 g/mol. The maximum Gasteiger partial charge on any atom is 0.123 e. The van der Waals surface area contributed by atoms with Crippen LogP contribution in [0.5, 0.6) is 11.5 Å². The molecule has 0 saturated carbocycles. The van der Waals surface area contributed by atoms with Crippen LogP contribution in [0.3, 0.4) is 0 Å². The molecule has 1 atom stereocenters. The first-order valence-corrected chi connectivity index (χ1v) is 6.85. The summed E-state index contributed by atoms with van der Waals surface area (Å²) in [7, 11) is 0. The van der Waals surface area contributed by atoms with Crippen LogP contribution in [0.25, 0.3) is 0 Å². The Labute approximate surface area is 121 Å². The average molecular weight is 322 g/mol. The van der Waals surface area contributed by atoms with Crippen molar-refractivity contribution in [1.82, 2.24) is 5.32 Å². The summed E-state index contributed by atoms with van der Waals surface area (Å²) < 4.78 is 1.05. The highest BCUT2D eigenvalue weighted by Crippen LogP contribution is 2.23. The first kappa shape index (κ1) is 13.9. The molecule has 0 amide bonds. The van der Waals surface area contributed by atoms with Crippen LogP contribution in [0.1, 0.15) is 24.1 Å². The third-order valence-electron chi connectivity index (χ3n) is 3.02. The molecule has 100 valence electrons. The van der Waals surface area contributed by atoms with Gasteiger partial charge in [0.05, 0.1) is 0 Å². The Balaban J connectivity index is 2.02. The van der Waals surface area contributed by atoms with E-state index in [4.69, 9.17) is 0 Å². The molecule has 0 heterocycles. The molecule has 0 aliphatic carbocycles. The van der Waals surface area contributed by atoms with E-state index in [1.54, 1.807) is 12.1 Å². The molecule has 4 heteroatoms. The number of nitrogens with one attached hydrogen (secondary N) is 1. The van der Waals surface area contributed by atoms with Gasteiger partial charge < -0.3 is 15.5 Å². The number of phenolic OH excluding ortho intramolecular Hbond substituents is 2. The molecule has 0 aliphatic rings. The average Bonchev–Trinajstić information content (AvgIpc) is 2.37. The SMILES string of the molecule is CC(NCc1ccc(O)cc1O)c1cccc(Br)c1. The van der Waals surface area contributed by atoms with E-state index in [1.807, 2.05) is 12.1 Å². The molecule has 19 heavy (non-hydrogen) atoms. The van der Waals surface area contributed by atoms with E-state index in [2.05, 4.69) is 40.3 Å². The summed E-state index contributed by atoms with van der Waals surface area (Å²) >= 11 is 3.45. The lowest BCUT2D eigenvalue weighted by atomic mass is 10.1. The molecule has 0 aromatic heterocycles. The van der Waals surface area contributed by atoms with Crippen LogP contribution >= 0.6 is 15.9 Å². The highest BCUT2D eigenvalue weighted by molar-refractivity contribution is 9.10. The van der Waals surface area contributed by atoms with Crippen LogP contribution in [0, 0.1) is 0 Å². The lowest BCUT2D eigenvalue weighted by Crippen LogP contribution is -2.18. The predicted molar refractivity (Wildman–Crippen MR) is 79.2 cm³/mol. The number of phenols is 2. The minimum atomic E-state index is 0.0706. The van der Waals surface area contributed by atoms with E-state index in [-0.39, 0.29) is 17.5 Å². The van der Waals surface area contributed by atoms with Crippen molar-refractivity contribution in [3.05, 3.63) is 58.1 Å². The predicted octanol–water partition coefficient (Wildman–Crippen LogP) is 3.71. The fourth-order valence-corrected chi connectivity index (χ4v) is 2.28. The zero-order chi connectivity index (χ0) is 13.8. The number of rotatable bonds is 4. The summed E-state index contributed by atoms with van der Waals surface area (Å²) in [6.45, 7) is 2.61. The Morgan fingerprint density at radius 3 is 2.63 bits per heavy atom. The first-order valence-electron chi connectivity index (χ1n) is 6.06. The molecule has 0 saturated heterocycles. The zero-order valence-electron chi connectivity index (χ0n) is 10.6. The van der Waals surface area contributed by atoms with Crippen LogP contribution in [-0.2, 0) is 6.54 Å². The second-order valence-electron chi connectivity index (χ2n) is 4.47. The van der Waals surface area contributed by atoms with E-state index < -0.39 is 0 Å². The van der Waals surface area contributed by atoms with E-state index in [9.17, 15) is 10.2 Å².